The van der Waals surface area contributed by atoms with Gasteiger partial charge in [0.25, 0.3) is 5.69 Å². The first-order chi connectivity index (χ1) is 8.65. The molecule has 2 rings (SSSR count). The van der Waals surface area contributed by atoms with Gasteiger partial charge in [0.15, 0.2) is 0 Å². The van der Waals surface area contributed by atoms with Crippen LogP contribution in [0.1, 0.15) is 19.3 Å². The zero-order valence-electron chi connectivity index (χ0n) is 10.2. The second kappa shape index (κ2) is 5.58. The van der Waals surface area contributed by atoms with Gasteiger partial charge in [-0.15, -0.1) is 0 Å². The molecule has 0 aromatic heterocycles. The van der Waals surface area contributed by atoms with E-state index in [1.165, 1.54) is 6.07 Å². The molecule has 1 aromatic carbocycles. The fraction of sp³-hybridized carbons (Fsp3) is 0.500. The Labute approximate surface area is 108 Å². The molecule has 1 N–H and O–H groups in total. The van der Waals surface area contributed by atoms with Gasteiger partial charge in [-0.1, -0.05) is 18.6 Å². The Morgan fingerprint density at radius 2 is 2.11 bits per heavy atom. The van der Waals surface area contributed by atoms with Crippen LogP contribution in [-0.4, -0.2) is 27.5 Å². The number of nitro benzene ring substituents is 1. The number of nitrogens with one attached hydrogen (secondary N) is 1. The van der Waals surface area contributed by atoms with Crippen LogP contribution in [0.5, 0.6) is 0 Å². The SMILES string of the molecule is CNC1CCCC1S(=O)c1ccccc1[N+](=O)[O-]. The molecule has 0 bridgehead atoms. The topological polar surface area (TPSA) is 72.2 Å². The van der Waals surface area contributed by atoms with E-state index in [0.717, 1.165) is 19.3 Å². The maximum atomic E-state index is 12.5. The van der Waals surface area contributed by atoms with E-state index in [-0.39, 0.29) is 17.0 Å². The van der Waals surface area contributed by atoms with E-state index in [9.17, 15) is 14.3 Å². The molecular formula is C12H16N2O3S. The van der Waals surface area contributed by atoms with E-state index < -0.39 is 15.7 Å². The van der Waals surface area contributed by atoms with Crippen molar-refractivity contribution in [3.8, 4) is 0 Å². The molecule has 0 aliphatic heterocycles. The van der Waals surface area contributed by atoms with Crippen LogP contribution >= 0.6 is 0 Å². The highest BCUT2D eigenvalue weighted by Crippen LogP contribution is 2.31. The van der Waals surface area contributed by atoms with Crippen LogP contribution in [0.15, 0.2) is 29.2 Å². The monoisotopic (exact) mass is 268 g/mol. The van der Waals surface area contributed by atoms with E-state index in [0.29, 0.717) is 4.90 Å². The number of nitro groups is 1. The van der Waals surface area contributed by atoms with Gasteiger partial charge in [-0.3, -0.25) is 14.3 Å². The molecule has 0 saturated heterocycles. The quantitative estimate of drug-likeness (QED) is 0.668. The second-order valence-corrected chi connectivity index (χ2v) is 6.03. The summed E-state index contributed by atoms with van der Waals surface area (Å²) in [6, 6.07) is 6.49. The molecule has 0 radical (unpaired) electrons. The maximum absolute atomic E-state index is 12.5. The van der Waals surface area contributed by atoms with Crippen LogP contribution in [0.25, 0.3) is 0 Å². The van der Waals surface area contributed by atoms with Crippen LogP contribution in [0.4, 0.5) is 5.69 Å². The Balaban J connectivity index is 2.31. The Morgan fingerprint density at radius 3 is 2.78 bits per heavy atom. The fourth-order valence-corrected chi connectivity index (χ4v) is 4.29. The summed E-state index contributed by atoms with van der Waals surface area (Å²) in [5, 5.41) is 14.1. The van der Waals surface area contributed by atoms with E-state index in [4.69, 9.17) is 0 Å². The van der Waals surface area contributed by atoms with Crippen LogP contribution in [0.3, 0.4) is 0 Å². The highest BCUT2D eigenvalue weighted by Gasteiger charge is 2.34. The maximum Gasteiger partial charge on any atom is 0.285 e. The van der Waals surface area contributed by atoms with Crippen molar-refractivity contribution < 1.29 is 9.13 Å². The molecule has 3 atom stereocenters. The molecular weight excluding hydrogens is 252 g/mol. The molecule has 5 nitrogen and oxygen atoms in total. The van der Waals surface area contributed by atoms with Crippen molar-refractivity contribution in [1.29, 1.82) is 0 Å². The summed E-state index contributed by atoms with van der Waals surface area (Å²) in [5.74, 6) is 0. The fourth-order valence-electron chi connectivity index (χ4n) is 2.45. The summed E-state index contributed by atoms with van der Waals surface area (Å²) in [5.41, 5.74) is -0.0439. The lowest BCUT2D eigenvalue weighted by molar-refractivity contribution is -0.387. The third kappa shape index (κ3) is 2.44. The highest BCUT2D eigenvalue weighted by atomic mass is 32.2. The first-order valence-electron chi connectivity index (χ1n) is 5.96. The molecule has 1 saturated carbocycles. The largest absolute Gasteiger partial charge is 0.316 e. The molecule has 1 aromatic rings. The van der Waals surface area contributed by atoms with Crippen molar-refractivity contribution in [2.24, 2.45) is 0 Å². The number of benzene rings is 1. The predicted molar refractivity (Wildman–Crippen MR) is 70.0 cm³/mol. The number of para-hydroxylation sites is 1. The third-order valence-corrected chi connectivity index (χ3v) is 5.27. The molecule has 0 amide bonds. The Morgan fingerprint density at radius 1 is 1.39 bits per heavy atom. The molecule has 1 aliphatic rings. The minimum atomic E-state index is -1.32. The molecule has 1 aliphatic carbocycles. The second-order valence-electron chi connectivity index (χ2n) is 4.39. The first-order valence-corrected chi connectivity index (χ1v) is 7.17. The number of hydrogen-bond donors (Lipinski definition) is 1. The van der Waals surface area contributed by atoms with Crippen LogP contribution < -0.4 is 5.32 Å². The molecule has 18 heavy (non-hydrogen) atoms. The van der Waals surface area contributed by atoms with Crippen molar-refractivity contribution in [2.75, 3.05) is 7.05 Å². The van der Waals surface area contributed by atoms with E-state index in [1.54, 1.807) is 18.2 Å². The van der Waals surface area contributed by atoms with Crippen LogP contribution in [0.2, 0.25) is 0 Å². The van der Waals surface area contributed by atoms with E-state index in [1.807, 2.05) is 7.05 Å². The third-order valence-electron chi connectivity index (χ3n) is 3.38. The first kappa shape index (κ1) is 13.2. The van der Waals surface area contributed by atoms with Gasteiger partial charge >= 0.3 is 0 Å². The molecule has 3 unspecified atom stereocenters. The number of nitrogens with zero attached hydrogens (tertiary/aromatic N) is 1. The summed E-state index contributed by atoms with van der Waals surface area (Å²) in [4.78, 5) is 10.8. The standard InChI is InChI=1S/C12H16N2O3S/c1-13-9-5-4-8-11(9)18(17)12-7-3-2-6-10(12)14(15)16/h2-3,6-7,9,11,13H,4-5,8H2,1H3. The van der Waals surface area contributed by atoms with Crippen molar-refractivity contribution in [2.45, 2.75) is 35.4 Å². The van der Waals surface area contributed by atoms with E-state index >= 15 is 0 Å². The Kier molecular flexibility index (Phi) is 4.08. The average Bonchev–Trinajstić information content (AvgIpc) is 2.86. The summed E-state index contributed by atoms with van der Waals surface area (Å²) in [6.07, 6.45) is 2.85. The van der Waals surface area contributed by atoms with Crippen LogP contribution in [-0.2, 0) is 10.8 Å². The zero-order chi connectivity index (χ0) is 13.1. The van der Waals surface area contributed by atoms with E-state index in [2.05, 4.69) is 5.32 Å². The normalized spacial score (nSPS) is 24.9. The van der Waals surface area contributed by atoms with Gasteiger partial charge in [0.1, 0.15) is 4.90 Å². The van der Waals surface area contributed by atoms with Gasteiger partial charge in [-0.05, 0) is 26.0 Å². The van der Waals surface area contributed by atoms with Crippen molar-refractivity contribution >= 4 is 16.5 Å². The molecule has 0 heterocycles. The zero-order valence-corrected chi connectivity index (χ0v) is 11.0. The molecule has 1 fully saturated rings. The van der Waals surface area contributed by atoms with Gasteiger partial charge < -0.3 is 5.32 Å². The minimum Gasteiger partial charge on any atom is -0.316 e. The molecule has 0 spiro atoms. The van der Waals surface area contributed by atoms with Crippen molar-refractivity contribution in [3.05, 3.63) is 34.4 Å². The summed E-state index contributed by atoms with van der Waals surface area (Å²) in [7, 11) is 0.522. The van der Waals surface area contributed by atoms with Crippen LogP contribution in [0, 0.1) is 10.1 Å². The lowest BCUT2D eigenvalue weighted by atomic mass is 10.2. The van der Waals surface area contributed by atoms with Crippen molar-refractivity contribution in [3.63, 3.8) is 0 Å². The highest BCUT2D eigenvalue weighted by molar-refractivity contribution is 7.86. The van der Waals surface area contributed by atoms with Gasteiger partial charge in [0, 0.05) is 12.1 Å². The lowest BCUT2D eigenvalue weighted by Crippen LogP contribution is -2.35. The number of hydrogen-bond acceptors (Lipinski definition) is 4. The minimum absolute atomic E-state index is 0.0314. The lowest BCUT2D eigenvalue weighted by Gasteiger charge is -2.18. The summed E-state index contributed by atoms with van der Waals surface area (Å²) in [6.45, 7) is 0. The Bertz CT molecular complexity index is 478. The van der Waals surface area contributed by atoms with Gasteiger partial charge in [0.2, 0.25) is 0 Å². The smallest absolute Gasteiger partial charge is 0.285 e. The Hall–Kier alpha value is -1.27. The number of rotatable bonds is 4. The molecule has 6 heteroatoms. The molecule has 98 valence electrons. The van der Waals surface area contributed by atoms with Gasteiger partial charge in [-0.25, -0.2) is 0 Å². The average molecular weight is 268 g/mol. The van der Waals surface area contributed by atoms with Gasteiger partial charge in [-0.2, -0.15) is 0 Å². The van der Waals surface area contributed by atoms with Gasteiger partial charge in [0.05, 0.1) is 21.0 Å². The van der Waals surface area contributed by atoms with Crippen molar-refractivity contribution in [1.82, 2.24) is 5.32 Å². The summed E-state index contributed by atoms with van der Waals surface area (Å²) < 4.78 is 12.5. The summed E-state index contributed by atoms with van der Waals surface area (Å²) >= 11 is 0. The predicted octanol–water partition coefficient (Wildman–Crippen LogP) is 1.84.